The first-order valence-corrected chi connectivity index (χ1v) is 10.6. The lowest BCUT2D eigenvalue weighted by atomic mass is 9.92. The number of rotatable bonds is 4. The van der Waals surface area contributed by atoms with Gasteiger partial charge in [-0.25, -0.2) is 4.98 Å². The molecule has 2 aliphatic rings. The number of aromatic amines is 1. The van der Waals surface area contributed by atoms with Gasteiger partial charge >= 0.3 is 0 Å². The normalized spacial score (nSPS) is 20.8. The smallest absolute Gasteiger partial charge is 0.251 e. The van der Waals surface area contributed by atoms with Gasteiger partial charge in [0.05, 0.1) is 11.6 Å². The summed E-state index contributed by atoms with van der Waals surface area (Å²) in [5.41, 5.74) is 1.55. The van der Waals surface area contributed by atoms with E-state index < -0.39 is 0 Å². The number of piperidine rings is 1. The van der Waals surface area contributed by atoms with Gasteiger partial charge in [0.25, 0.3) is 5.56 Å². The van der Waals surface area contributed by atoms with E-state index in [2.05, 4.69) is 9.97 Å². The van der Waals surface area contributed by atoms with Gasteiger partial charge in [-0.1, -0.05) is 0 Å². The number of H-pyrrole nitrogens is 1. The summed E-state index contributed by atoms with van der Waals surface area (Å²) in [7, 11) is 1.75. The second-order valence-electron chi connectivity index (χ2n) is 7.74. The lowest BCUT2D eigenvalue weighted by molar-refractivity contribution is -0.137. The van der Waals surface area contributed by atoms with Crippen molar-refractivity contribution in [2.24, 2.45) is 11.8 Å². The molecular weight excluding hydrogens is 376 g/mol. The summed E-state index contributed by atoms with van der Waals surface area (Å²) in [4.78, 5) is 47.4. The van der Waals surface area contributed by atoms with Crippen LogP contribution in [-0.2, 0) is 16.0 Å². The number of amides is 2. The van der Waals surface area contributed by atoms with E-state index in [-0.39, 0.29) is 23.3 Å². The maximum atomic E-state index is 12.7. The van der Waals surface area contributed by atoms with Crippen molar-refractivity contribution < 1.29 is 9.59 Å². The third-order valence-corrected chi connectivity index (χ3v) is 6.39. The minimum absolute atomic E-state index is 0.0498. The van der Waals surface area contributed by atoms with Gasteiger partial charge in [0.15, 0.2) is 0 Å². The van der Waals surface area contributed by atoms with Gasteiger partial charge in [-0.2, -0.15) is 11.3 Å². The fourth-order valence-electron chi connectivity index (χ4n) is 4.08. The molecule has 2 aromatic heterocycles. The summed E-state index contributed by atoms with van der Waals surface area (Å²) in [6.45, 7) is 1.93. The SMILES string of the molecule is CN1C[C@H](C(=O)N2CCC(Cc3nc(-c4ccsc4)cc(=O)[nH]3)CC2)CC1=O. The van der Waals surface area contributed by atoms with Crippen molar-refractivity contribution in [1.82, 2.24) is 19.8 Å². The van der Waals surface area contributed by atoms with Crippen molar-refractivity contribution in [2.75, 3.05) is 26.7 Å². The first-order chi connectivity index (χ1) is 13.5. The number of carbonyl (C=O) groups excluding carboxylic acids is 2. The lowest BCUT2D eigenvalue weighted by Crippen LogP contribution is -2.42. The fourth-order valence-corrected chi connectivity index (χ4v) is 4.73. The van der Waals surface area contributed by atoms with Crippen LogP contribution in [0.25, 0.3) is 11.3 Å². The minimum atomic E-state index is -0.200. The molecular formula is C20H24N4O3S. The number of nitrogens with zero attached hydrogens (tertiary/aromatic N) is 3. The van der Waals surface area contributed by atoms with Crippen LogP contribution in [0.5, 0.6) is 0 Å². The minimum Gasteiger partial charge on any atom is -0.345 e. The third-order valence-electron chi connectivity index (χ3n) is 5.71. The van der Waals surface area contributed by atoms with Crippen LogP contribution in [0, 0.1) is 11.8 Å². The molecule has 2 fully saturated rings. The molecule has 4 rings (SSSR count). The molecule has 148 valence electrons. The number of likely N-dealkylation sites (tertiary alicyclic amines) is 2. The van der Waals surface area contributed by atoms with Crippen LogP contribution in [-0.4, -0.2) is 58.3 Å². The lowest BCUT2D eigenvalue weighted by Gasteiger charge is -2.33. The molecule has 0 aromatic carbocycles. The van der Waals surface area contributed by atoms with Crippen molar-refractivity contribution >= 4 is 23.2 Å². The van der Waals surface area contributed by atoms with E-state index in [0.29, 0.717) is 49.9 Å². The second kappa shape index (κ2) is 7.87. The van der Waals surface area contributed by atoms with Gasteiger partial charge < -0.3 is 14.8 Å². The van der Waals surface area contributed by atoms with E-state index in [4.69, 9.17) is 0 Å². The average molecular weight is 401 g/mol. The number of hydrogen-bond acceptors (Lipinski definition) is 5. The predicted molar refractivity (Wildman–Crippen MR) is 107 cm³/mol. The summed E-state index contributed by atoms with van der Waals surface area (Å²) in [5, 5.41) is 3.96. The van der Waals surface area contributed by atoms with Crippen LogP contribution in [0.2, 0.25) is 0 Å². The summed E-state index contributed by atoms with van der Waals surface area (Å²) >= 11 is 1.58. The number of carbonyl (C=O) groups is 2. The highest BCUT2D eigenvalue weighted by Crippen LogP contribution is 2.25. The van der Waals surface area contributed by atoms with Gasteiger partial charge in [0.2, 0.25) is 11.8 Å². The Morgan fingerprint density at radius 3 is 2.75 bits per heavy atom. The topological polar surface area (TPSA) is 86.4 Å². The van der Waals surface area contributed by atoms with Crippen LogP contribution in [0.15, 0.2) is 27.7 Å². The Kier molecular flexibility index (Phi) is 5.30. The number of hydrogen-bond donors (Lipinski definition) is 1. The second-order valence-corrected chi connectivity index (χ2v) is 8.52. The van der Waals surface area contributed by atoms with Crippen LogP contribution >= 0.6 is 11.3 Å². The zero-order valence-electron chi connectivity index (χ0n) is 15.9. The zero-order valence-corrected chi connectivity index (χ0v) is 16.7. The Morgan fingerprint density at radius 2 is 2.11 bits per heavy atom. The van der Waals surface area contributed by atoms with Crippen LogP contribution in [0.3, 0.4) is 0 Å². The summed E-state index contributed by atoms with van der Waals surface area (Å²) in [5.74, 6) is 1.05. The van der Waals surface area contributed by atoms with Crippen molar-refractivity contribution in [2.45, 2.75) is 25.7 Å². The highest BCUT2D eigenvalue weighted by molar-refractivity contribution is 7.08. The summed E-state index contributed by atoms with van der Waals surface area (Å²) in [6, 6.07) is 3.50. The molecule has 8 heteroatoms. The molecule has 1 N–H and O–H groups in total. The Balaban J connectivity index is 1.35. The average Bonchev–Trinajstić information content (AvgIpc) is 3.32. The number of thiophene rings is 1. The largest absolute Gasteiger partial charge is 0.345 e. The summed E-state index contributed by atoms with van der Waals surface area (Å²) in [6.07, 6.45) is 2.80. The Hall–Kier alpha value is -2.48. The Bertz CT molecular complexity index is 916. The van der Waals surface area contributed by atoms with E-state index in [1.54, 1.807) is 23.3 Å². The first kappa shape index (κ1) is 18.9. The van der Waals surface area contributed by atoms with Gasteiger partial charge in [0.1, 0.15) is 5.82 Å². The maximum Gasteiger partial charge on any atom is 0.251 e. The van der Waals surface area contributed by atoms with Gasteiger partial charge in [0, 0.05) is 56.5 Å². The van der Waals surface area contributed by atoms with Crippen molar-refractivity contribution in [3.05, 3.63) is 39.1 Å². The third kappa shape index (κ3) is 4.01. The number of aromatic nitrogens is 2. The molecule has 0 radical (unpaired) electrons. The van der Waals surface area contributed by atoms with Crippen molar-refractivity contribution in [1.29, 1.82) is 0 Å². The molecule has 2 aliphatic heterocycles. The Labute approximate surface area is 167 Å². The highest BCUT2D eigenvalue weighted by atomic mass is 32.1. The highest BCUT2D eigenvalue weighted by Gasteiger charge is 2.35. The number of nitrogens with one attached hydrogen (secondary N) is 1. The fraction of sp³-hybridized carbons (Fsp3) is 0.500. The molecule has 7 nitrogen and oxygen atoms in total. The van der Waals surface area contributed by atoms with E-state index in [9.17, 15) is 14.4 Å². The van der Waals surface area contributed by atoms with E-state index in [1.807, 2.05) is 21.7 Å². The maximum absolute atomic E-state index is 12.7. The van der Waals surface area contributed by atoms with Crippen LogP contribution in [0.4, 0.5) is 0 Å². The van der Waals surface area contributed by atoms with Crippen LogP contribution < -0.4 is 5.56 Å². The standard InChI is InChI=1S/C20H24N4O3S/c1-23-11-15(9-19(23)26)20(27)24-5-2-13(3-6-24)8-17-21-16(10-18(25)22-17)14-4-7-28-12-14/h4,7,10,12-13,15H,2-3,5-6,8-9,11H2,1H3,(H,21,22,25)/t15-/m1/s1. The molecule has 0 aliphatic carbocycles. The van der Waals surface area contributed by atoms with Crippen molar-refractivity contribution in [3.8, 4) is 11.3 Å². The predicted octanol–water partition coefficient (Wildman–Crippen LogP) is 1.76. The zero-order chi connectivity index (χ0) is 19.7. The quantitative estimate of drug-likeness (QED) is 0.847. The first-order valence-electron chi connectivity index (χ1n) is 9.65. The summed E-state index contributed by atoms with van der Waals surface area (Å²) < 4.78 is 0. The van der Waals surface area contributed by atoms with Crippen molar-refractivity contribution in [3.63, 3.8) is 0 Å². The molecule has 0 spiro atoms. The molecule has 0 saturated carbocycles. The molecule has 0 bridgehead atoms. The monoisotopic (exact) mass is 400 g/mol. The molecule has 0 unspecified atom stereocenters. The molecule has 2 aromatic rings. The molecule has 2 saturated heterocycles. The molecule has 1 atom stereocenters. The van der Waals surface area contributed by atoms with Crippen LogP contribution in [0.1, 0.15) is 25.1 Å². The molecule has 28 heavy (non-hydrogen) atoms. The molecule has 4 heterocycles. The van der Waals surface area contributed by atoms with Gasteiger partial charge in [-0.15, -0.1) is 0 Å². The van der Waals surface area contributed by atoms with Gasteiger partial charge in [-0.3, -0.25) is 14.4 Å². The molecule has 2 amide bonds. The van der Waals surface area contributed by atoms with Gasteiger partial charge in [-0.05, 0) is 30.2 Å². The van der Waals surface area contributed by atoms with E-state index in [1.165, 1.54) is 6.07 Å². The van der Waals surface area contributed by atoms with E-state index in [0.717, 1.165) is 18.4 Å². The Morgan fingerprint density at radius 1 is 1.32 bits per heavy atom. The van der Waals surface area contributed by atoms with E-state index >= 15 is 0 Å².